The number of hydrogen-bond donors (Lipinski definition) is 2. The molecule has 0 radical (unpaired) electrons. The highest BCUT2D eigenvalue weighted by Gasteiger charge is 2.34. The topological polar surface area (TPSA) is 97.0 Å². The molecule has 1 saturated heterocycles. The van der Waals surface area contributed by atoms with Gasteiger partial charge in [-0.25, -0.2) is 9.59 Å². The summed E-state index contributed by atoms with van der Waals surface area (Å²) in [5.74, 6) is -0.770. The number of likely N-dealkylation sites (tertiary alicyclic amines) is 1. The third-order valence-electron chi connectivity index (χ3n) is 4.65. The number of amides is 2. The largest absolute Gasteiger partial charge is 0.466 e. The number of urea groups is 1. The number of carbonyl (C=O) groups is 3. The van der Waals surface area contributed by atoms with E-state index in [1.54, 1.807) is 13.8 Å². The minimum Gasteiger partial charge on any atom is -0.466 e. The molecular weight excluding hydrogens is 338 g/mol. The predicted octanol–water partition coefficient (Wildman–Crippen LogP) is 1.17. The summed E-state index contributed by atoms with van der Waals surface area (Å²) >= 11 is 0. The Labute approximate surface area is 154 Å². The first-order chi connectivity index (χ1) is 12.5. The number of carbonyl (C=O) groups excluding carboxylic acids is 3. The zero-order chi connectivity index (χ0) is 19.1. The monoisotopic (exact) mass is 367 g/mol. The first kappa shape index (κ1) is 20.2. The Bertz CT molecular complexity index is 575. The van der Waals surface area contributed by atoms with Crippen LogP contribution in [0.1, 0.15) is 40.0 Å². The molecule has 0 aliphatic carbocycles. The second-order valence-corrected chi connectivity index (χ2v) is 6.50. The molecule has 2 atom stereocenters. The summed E-state index contributed by atoms with van der Waals surface area (Å²) in [5, 5.41) is 5.52. The van der Waals surface area contributed by atoms with Gasteiger partial charge in [-0.2, -0.15) is 0 Å². The summed E-state index contributed by atoms with van der Waals surface area (Å²) in [6.07, 6.45) is 2.26. The van der Waals surface area contributed by atoms with Crippen LogP contribution >= 0.6 is 0 Å². The van der Waals surface area contributed by atoms with E-state index in [1.807, 2.05) is 6.92 Å². The van der Waals surface area contributed by atoms with Crippen LogP contribution in [-0.4, -0.2) is 61.8 Å². The van der Waals surface area contributed by atoms with E-state index in [2.05, 4.69) is 15.5 Å². The molecule has 0 spiro atoms. The molecule has 0 aromatic heterocycles. The van der Waals surface area contributed by atoms with Crippen LogP contribution in [0.25, 0.3) is 0 Å². The molecule has 8 heteroatoms. The van der Waals surface area contributed by atoms with Gasteiger partial charge in [-0.15, -0.1) is 0 Å². The van der Waals surface area contributed by atoms with Gasteiger partial charge < -0.3 is 20.1 Å². The van der Waals surface area contributed by atoms with E-state index < -0.39 is 5.97 Å². The van der Waals surface area contributed by atoms with Crippen LogP contribution in [0.3, 0.4) is 0 Å². The van der Waals surface area contributed by atoms with Crippen molar-refractivity contribution in [2.75, 3.05) is 32.8 Å². The molecule has 0 aromatic carbocycles. The van der Waals surface area contributed by atoms with Crippen molar-refractivity contribution in [3.8, 4) is 0 Å². The lowest BCUT2D eigenvalue weighted by Gasteiger charge is -2.35. The van der Waals surface area contributed by atoms with Gasteiger partial charge in [0, 0.05) is 18.8 Å². The molecule has 0 saturated carbocycles. The van der Waals surface area contributed by atoms with Gasteiger partial charge >= 0.3 is 18.0 Å². The van der Waals surface area contributed by atoms with Crippen molar-refractivity contribution in [2.45, 2.75) is 46.1 Å². The summed E-state index contributed by atoms with van der Waals surface area (Å²) in [4.78, 5) is 38.5. The minimum absolute atomic E-state index is 0.172. The van der Waals surface area contributed by atoms with E-state index in [-0.39, 0.29) is 30.6 Å². The van der Waals surface area contributed by atoms with Gasteiger partial charge in [0.1, 0.15) is 0 Å². The molecule has 1 fully saturated rings. The third kappa shape index (κ3) is 4.97. The first-order valence-corrected chi connectivity index (χ1v) is 9.36. The van der Waals surface area contributed by atoms with Crippen LogP contribution in [0.2, 0.25) is 0 Å². The molecule has 2 heterocycles. The molecule has 0 bridgehead atoms. The van der Waals surface area contributed by atoms with Crippen molar-refractivity contribution in [2.24, 2.45) is 5.92 Å². The van der Waals surface area contributed by atoms with Crippen molar-refractivity contribution >= 4 is 18.0 Å². The van der Waals surface area contributed by atoms with E-state index in [0.717, 1.165) is 19.4 Å². The van der Waals surface area contributed by atoms with E-state index in [9.17, 15) is 14.4 Å². The van der Waals surface area contributed by atoms with Gasteiger partial charge in [-0.3, -0.25) is 9.69 Å². The normalized spacial score (nSPS) is 23.9. The number of hydrogen-bond acceptors (Lipinski definition) is 6. The fourth-order valence-electron chi connectivity index (χ4n) is 3.46. The van der Waals surface area contributed by atoms with Gasteiger partial charge in [0.15, 0.2) is 0 Å². The number of esters is 2. The SMILES string of the molecule is CCOC(=O)C1=C(CN2CCC[C@H](C(=O)OCC)C2)NC(=O)N[C@@H]1CC. The summed E-state index contributed by atoms with van der Waals surface area (Å²) in [7, 11) is 0. The Hall–Kier alpha value is -2.09. The highest BCUT2D eigenvalue weighted by atomic mass is 16.5. The highest BCUT2D eigenvalue weighted by molar-refractivity contribution is 5.94. The van der Waals surface area contributed by atoms with Gasteiger partial charge in [-0.05, 0) is 39.7 Å². The molecule has 2 aliphatic rings. The number of nitrogens with one attached hydrogen (secondary N) is 2. The van der Waals surface area contributed by atoms with Crippen LogP contribution in [0.5, 0.6) is 0 Å². The zero-order valence-electron chi connectivity index (χ0n) is 15.8. The fraction of sp³-hybridized carbons (Fsp3) is 0.722. The van der Waals surface area contributed by atoms with Crippen molar-refractivity contribution in [1.29, 1.82) is 0 Å². The molecule has 146 valence electrons. The molecule has 0 unspecified atom stereocenters. The van der Waals surface area contributed by atoms with Crippen molar-refractivity contribution in [1.82, 2.24) is 15.5 Å². The van der Waals surface area contributed by atoms with Crippen molar-refractivity contribution in [3.05, 3.63) is 11.3 Å². The molecule has 0 aromatic rings. The standard InChI is InChI=1S/C18H29N3O5/c1-4-13-15(17(23)26-6-3)14(20-18(24)19-13)11-21-9-7-8-12(10-21)16(22)25-5-2/h12-13H,4-11H2,1-3H3,(H2,19,20,24)/t12-,13+/m0/s1. The summed E-state index contributed by atoms with van der Waals surface area (Å²) in [5.41, 5.74) is 1.02. The molecule has 26 heavy (non-hydrogen) atoms. The Morgan fingerprint density at radius 2 is 1.92 bits per heavy atom. The highest BCUT2D eigenvalue weighted by Crippen LogP contribution is 2.22. The quantitative estimate of drug-likeness (QED) is 0.656. The number of nitrogens with zero attached hydrogens (tertiary/aromatic N) is 1. The molecule has 2 N–H and O–H groups in total. The van der Waals surface area contributed by atoms with Crippen LogP contribution in [-0.2, 0) is 19.1 Å². The van der Waals surface area contributed by atoms with Gasteiger partial charge in [-0.1, -0.05) is 6.92 Å². The third-order valence-corrected chi connectivity index (χ3v) is 4.65. The number of piperidine rings is 1. The second-order valence-electron chi connectivity index (χ2n) is 6.50. The summed E-state index contributed by atoms with van der Waals surface area (Å²) in [6, 6.07) is -0.692. The van der Waals surface area contributed by atoms with Crippen molar-refractivity contribution in [3.63, 3.8) is 0 Å². The average Bonchev–Trinajstić information content (AvgIpc) is 2.61. The first-order valence-electron chi connectivity index (χ1n) is 9.36. The van der Waals surface area contributed by atoms with Gasteiger partial charge in [0.05, 0.1) is 30.7 Å². The Balaban J connectivity index is 2.17. The maximum absolute atomic E-state index is 12.4. The Kier molecular flexibility index (Phi) is 7.44. The molecule has 8 nitrogen and oxygen atoms in total. The molecule has 2 rings (SSSR count). The molecule has 2 aliphatic heterocycles. The second kappa shape index (κ2) is 9.56. The fourth-order valence-corrected chi connectivity index (χ4v) is 3.46. The smallest absolute Gasteiger partial charge is 0.337 e. The maximum Gasteiger partial charge on any atom is 0.337 e. The lowest BCUT2D eigenvalue weighted by Crippen LogP contribution is -2.53. The van der Waals surface area contributed by atoms with Crippen LogP contribution in [0.15, 0.2) is 11.3 Å². The maximum atomic E-state index is 12.4. The van der Waals surface area contributed by atoms with Gasteiger partial charge in [0.2, 0.25) is 0 Å². The van der Waals surface area contributed by atoms with Crippen molar-refractivity contribution < 1.29 is 23.9 Å². The lowest BCUT2D eigenvalue weighted by atomic mass is 9.96. The Morgan fingerprint density at radius 3 is 2.58 bits per heavy atom. The number of rotatable bonds is 7. The summed E-state index contributed by atoms with van der Waals surface area (Å²) < 4.78 is 10.3. The summed E-state index contributed by atoms with van der Waals surface area (Å²) in [6.45, 7) is 7.85. The predicted molar refractivity (Wildman–Crippen MR) is 95.2 cm³/mol. The van der Waals surface area contributed by atoms with Gasteiger partial charge in [0.25, 0.3) is 0 Å². The van der Waals surface area contributed by atoms with E-state index in [0.29, 0.717) is 37.4 Å². The lowest BCUT2D eigenvalue weighted by molar-refractivity contribution is -0.150. The van der Waals surface area contributed by atoms with Crippen LogP contribution < -0.4 is 10.6 Å². The molecule has 2 amide bonds. The minimum atomic E-state index is -0.416. The van der Waals surface area contributed by atoms with Crippen LogP contribution in [0, 0.1) is 5.92 Å². The van der Waals surface area contributed by atoms with Crippen LogP contribution in [0.4, 0.5) is 4.79 Å². The zero-order valence-corrected chi connectivity index (χ0v) is 15.8. The average molecular weight is 367 g/mol. The Morgan fingerprint density at radius 1 is 1.19 bits per heavy atom. The van der Waals surface area contributed by atoms with E-state index in [1.165, 1.54) is 0 Å². The molecular formula is C18H29N3O5. The number of ether oxygens (including phenoxy) is 2. The van der Waals surface area contributed by atoms with E-state index in [4.69, 9.17) is 9.47 Å². The van der Waals surface area contributed by atoms with E-state index >= 15 is 0 Å².